The van der Waals surface area contributed by atoms with E-state index in [2.05, 4.69) is 40.3 Å². The van der Waals surface area contributed by atoms with Gasteiger partial charge >= 0.3 is 6.09 Å². The number of carbonyl (C=O) groups is 2. The molecule has 1 aromatic carbocycles. The van der Waals surface area contributed by atoms with Crippen molar-refractivity contribution < 1.29 is 14.3 Å². The molecular weight excluding hydrogens is 468 g/mol. The summed E-state index contributed by atoms with van der Waals surface area (Å²) in [6, 6.07) is 10.1. The van der Waals surface area contributed by atoms with Crippen molar-refractivity contribution >= 4 is 28.5 Å². The van der Waals surface area contributed by atoms with Gasteiger partial charge in [-0.2, -0.15) is 10.2 Å². The van der Waals surface area contributed by atoms with Crippen LogP contribution in [0.1, 0.15) is 29.7 Å². The minimum atomic E-state index is -0.699. The summed E-state index contributed by atoms with van der Waals surface area (Å²) in [5.41, 5.74) is 4.81. The molecule has 9 heteroatoms. The fourth-order valence-corrected chi connectivity index (χ4v) is 5.74. The number of benzene rings is 1. The van der Waals surface area contributed by atoms with Crippen LogP contribution < -0.4 is 4.90 Å². The lowest BCUT2D eigenvalue weighted by molar-refractivity contribution is -0.124. The summed E-state index contributed by atoms with van der Waals surface area (Å²) in [4.78, 5) is 38.9. The van der Waals surface area contributed by atoms with Gasteiger partial charge in [0.2, 0.25) is 5.91 Å². The van der Waals surface area contributed by atoms with Crippen LogP contribution in [0.25, 0.3) is 21.9 Å². The molecule has 37 heavy (non-hydrogen) atoms. The molecule has 0 atom stereocenters. The fraction of sp³-hybridized carbons (Fsp3) is 0.286. The lowest BCUT2D eigenvalue weighted by atomic mass is 9.74. The van der Waals surface area contributed by atoms with Gasteiger partial charge in [-0.25, -0.2) is 4.79 Å². The van der Waals surface area contributed by atoms with Crippen molar-refractivity contribution in [3.05, 3.63) is 78.1 Å². The van der Waals surface area contributed by atoms with Crippen LogP contribution in [-0.4, -0.2) is 57.3 Å². The zero-order valence-electron chi connectivity index (χ0n) is 20.7. The van der Waals surface area contributed by atoms with E-state index >= 15 is 0 Å². The normalized spacial score (nSPS) is 16.3. The molecule has 5 heterocycles. The van der Waals surface area contributed by atoms with E-state index in [9.17, 15) is 9.59 Å². The SMILES string of the molecule is COC(=O)N1CCC2(CC1)C(=O)N(Cc1ncc3cc(C)ccc3c1-c1ccnnc1)c1cnccc12. The topological polar surface area (TPSA) is 101 Å². The second-order valence-electron chi connectivity index (χ2n) is 9.63. The molecule has 0 bridgehead atoms. The first kappa shape index (κ1) is 23.0. The van der Waals surface area contributed by atoms with Crippen LogP contribution in [0.4, 0.5) is 10.5 Å². The van der Waals surface area contributed by atoms with Crippen LogP contribution in [0.5, 0.6) is 0 Å². The Bertz CT molecular complexity index is 1520. The van der Waals surface area contributed by atoms with Gasteiger partial charge < -0.3 is 14.5 Å². The number of piperidine rings is 1. The van der Waals surface area contributed by atoms with Gasteiger partial charge in [0.15, 0.2) is 0 Å². The standard InChI is InChI=1S/C28H26N6O3/c1-18-3-4-21-20(13-18)14-30-23(25(21)19-5-10-31-32-15-19)17-34-24-16-29-9-6-22(24)28(26(34)35)7-11-33(12-8-28)27(36)37-2/h3-6,9-10,13-16H,7-8,11-12,17H2,1-2H3. The number of methoxy groups -OCH3 is 1. The number of pyridine rings is 2. The number of fused-ring (bicyclic) bond motifs is 3. The molecule has 2 aliphatic heterocycles. The molecule has 9 nitrogen and oxygen atoms in total. The third-order valence-corrected chi connectivity index (χ3v) is 7.62. The van der Waals surface area contributed by atoms with Crippen molar-refractivity contribution in [3.63, 3.8) is 0 Å². The molecule has 0 unspecified atom stereocenters. The van der Waals surface area contributed by atoms with Crippen LogP contribution in [0.2, 0.25) is 0 Å². The number of hydrogen-bond acceptors (Lipinski definition) is 7. The molecular formula is C28H26N6O3. The Hall–Kier alpha value is -4.40. The second kappa shape index (κ2) is 8.92. The molecule has 4 aromatic rings. The Morgan fingerprint density at radius 2 is 1.89 bits per heavy atom. The molecule has 2 aliphatic rings. The van der Waals surface area contributed by atoms with Crippen LogP contribution >= 0.6 is 0 Å². The zero-order valence-corrected chi connectivity index (χ0v) is 20.7. The predicted molar refractivity (Wildman–Crippen MR) is 138 cm³/mol. The highest BCUT2D eigenvalue weighted by atomic mass is 16.5. The van der Waals surface area contributed by atoms with Crippen LogP contribution in [-0.2, 0) is 21.5 Å². The van der Waals surface area contributed by atoms with Crippen LogP contribution in [0.15, 0.2) is 61.3 Å². The molecule has 0 radical (unpaired) electrons. The predicted octanol–water partition coefficient (Wildman–Crippen LogP) is 4.04. The van der Waals surface area contributed by atoms with Gasteiger partial charge in [-0.3, -0.25) is 14.8 Å². The summed E-state index contributed by atoms with van der Waals surface area (Å²) in [5.74, 6) is 0.0182. The summed E-state index contributed by atoms with van der Waals surface area (Å²) in [6.07, 6.45) is 9.44. The average molecular weight is 495 g/mol. The number of nitrogens with zero attached hydrogens (tertiary/aromatic N) is 6. The maximum absolute atomic E-state index is 14.2. The number of aromatic nitrogens is 4. The van der Waals surface area contributed by atoms with E-state index in [0.717, 1.165) is 44.4 Å². The van der Waals surface area contributed by atoms with E-state index in [1.165, 1.54) is 7.11 Å². The first-order valence-corrected chi connectivity index (χ1v) is 12.3. The third kappa shape index (κ3) is 3.69. The molecule has 6 rings (SSSR count). The largest absolute Gasteiger partial charge is 0.453 e. The smallest absolute Gasteiger partial charge is 0.409 e. The lowest BCUT2D eigenvalue weighted by Crippen LogP contribution is -2.50. The van der Waals surface area contributed by atoms with E-state index < -0.39 is 5.41 Å². The monoisotopic (exact) mass is 494 g/mol. The molecule has 1 spiro atoms. The van der Waals surface area contributed by atoms with Gasteiger partial charge in [-0.1, -0.05) is 17.7 Å². The highest BCUT2D eigenvalue weighted by molar-refractivity contribution is 6.08. The summed E-state index contributed by atoms with van der Waals surface area (Å²) in [5, 5.41) is 10.1. The van der Waals surface area contributed by atoms with Crippen molar-refractivity contribution in [1.29, 1.82) is 0 Å². The number of rotatable bonds is 3. The highest BCUT2D eigenvalue weighted by Gasteiger charge is 2.52. The molecule has 0 saturated carbocycles. The maximum atomic E-state index is 14.2. The molecule has 0 N–H and O–H groups in total. The zero-order chi connectivity index (χ0) is 25.6. The van der Waals surface area contributed by atoms with Gasteiger partial charge in [0, 0.05) is 42.0 Å². The minimum absolute atomic E-state index is 0.0182. The first-order chi connectivity index (χ1) is 18.0. The first-order valence-electron chi connectivity index (χ1n) is 12.3. The Labute approximate surface area is 214 Å². The average Bonchev–Trinajstić information content (AvgIpc) is 3.16. The van der Waals surface area contributed by atoms with E-state index in [4.69, 9.17) is 9.72 Å². The van der Waals surface area contributed by atoms with Crippen molar-refractivity contribution in [2.45, 2.75) is 31.7 Å². The number of likely N-dealkylation sites (tertiary alicyclic amines) is 1. The molecule has 1 saturated heterocycles. The van der Waals surface area contributed by atoms with E-state index in [1.54, 1.807) is 34.6 Å². The molecule has 0 aliphatic carbocycles. The minimum Gasteiger partial charge on any atom is -0.453 e. The van der Waals surface area contributed by atoms with Gasteiger partial charge in [0.1, 0.15) is 0 Å². The number of hydrogen-bond donors (Lipinski definition) is 0. The summed E-state index contributed by atoms with van der Waals surface area (Å²) < 4.78 is 4.90. The van der Waals surface area contributed by atoms with Gasteiger partial charge in [-0.15, -0.1) is 0 Å². The number of carbonyl (C=O) groups excluding carboxylic acids is 2. The van der Waals surface area contributed by atoms with Gasteiger partial charge in [0.05, 0.1) is 49.0 Å². The fourth-order valence-electron chi connectivity index (χ4n) is 5.74. The third-order valence-electron chi connectivity index (χ3n) is 7.62. The molecule has 186 valence electrons. The summed E-state index contributed by atoms with van der Waals surface area (Å²) in [6.45, 7) is 3.26. The molecule has 2 amide bonds. The number of anilines is 1. The number of ether oxygens (including phenoxy) is 1. The Morgan fingerprint density at radius 3 is 2.65 bits per heavy atom. The van der Waals surface area contributed by atoms with E-state index in [1.807, 2.05) is 18.3 Å². The highest BCUT2D eigenvalue weighted by Crippen LogP contribution is 2.48. The van der Waals surface area contributed by atoms with E-state index in [0.29, 0.717) is 32.5 Å². The summed E-state index contributed by atoms with van der Waals surface area (Å²) in [7, 11) is 1.38. The van der Waals surface area contributed by atoms with Crippen LogP contribution in [0.3, 0.4) is 0 Å². The Kier molecular flexibility index (Phi) is 5.55. The quantitative estimate of drug-likeness (QED) is 0.424. The lowest BCUT2D eigenvalue weighted by Gasteiger charge is -2.37. The summed E-state index contributed by atoms with van der Waals surface area (Å²) >= 11 is 0. The Balaban J connectivity index is 1.42. The van der Waals surface area contributed by atoms with Gasteiger partial charge in [0.25, 0.3) is 0 Å². The van der Waals surface area contributed by atoms with Crippen molar-refractivity contribution in [3.8, 4) is 11.1 Å². The van der Waals surface area contributed by atoms with Crippen molar-refractivity contribution in [1.82, 2.24) is 25.1 Å². The second-order valence-corrected chi connectivity index (χ2v) is 9.63. The van der Waals surface area contributed by atoms with Crippen LogP contribution in [0, 0.1) is 6.92 Å². The van der Waals surface area contributed by atoms with Gasteiger partial charge in [-0.05, 0) is 48.9 Å². The van der Waals surface area contributed by atoms with Crippen molar-refractivity contribution in [2.75, 3.05) is 25.1 Å². The number of amides is 2. The van der Waals surface area contributed by atoms with Crippen molar-refractivity contribution in [2.24, 2.45) is 0 Å². The maximum Gasteiger partial charge on any atom is 0.409 e. The number of aryl methyl sites for hydroxylation is 1. The Morgan fingerprint density at radius 1 is 1.05 bits per heavy atom. The molecule has 3 aromatic heterocycles. The molecule has 1 fully saturated rings. The van der Waals surface area contributed by atoms with E-state index in [-0.39, 0.29) is 12.0 Å².